The molecule has 0 aliphatic rings. The molecule has 0 aliphatic heterocycles. The Hall–Kier alpha value is 1.01. The molecule has 0 N–H and O–H groups in total. The Morgan fingerprint density at radius 2 is 1.50 bits per heavy atom. The maximum absolute atomic E-state index is 3.64. The largest absolute Gasteiger partial charge is 3.00 e. The van der Waals surface area contributed by atoms with Crippen LogP contribution >= 0.6 is 0 Å². The van der Waals surface area contributed by atoms with Crippen molar-refractivity contribution in [2.24, 2.45) is 0 Å². The molecule has 0 unspecified atom stereocenters. The van der Waals surface area contributed by atoms with Crippen LogP contribution in [0.5, 0.6) is 0 Å². The van der Waals surface area contributed by atoms with Crippen LogP contribution in [-0.4, -0.2) is 25.0 Å². The van der Waals surface area contributed by atoms with Crippen molar-refractivity contribution in [3.63, 3.8) is 0 Å². The predicted octanol–water partition coefficient (Wildman–Crippen LogP) is 1.04. The maximum atomic E-state index is 3.64. The van der Waals surface area contributed by atoms with Gasteiger partial charge in [-0.2, -0.15) is 0 Å². The van der Waals surface area contributed by atoms with E-state index < -0.39 is 0 Å². The van der Waals surface area contributed by atoms with Gasteiger partial charge in [-0.05, 0) is 7.05 Å². The minimum Gasteiger partial charge on any atom is -0.365 e. The van der Waals surface area contributed by atoms with Crippen molar-refractivity contribution < 1.29 is 31.1 Å². The summed E-state index contributed by atoms with van der Waals surface area (Å²) in [5, 5.41) is 0. The second-order valence-electron chi connectivity index (χ2n) is 1.30. The van der Waals surface area contributed by atoms with Crippen LogP contribution in [0.15, 0.2) is 0 Å². The fraction of sp³-hybridized carbons (Fsp3) is 0.500. The Kier molecular flexibility index (Phi) is 21.8. The predicted molar refractivity (Wildman–Crippen MR) is 34.6 cm³/mol. The molecule has 0 saturated carbocycles. The first-order valence-electron chi connectivity index (χ1n) is 2.08. The second kappa shape index (κ2) is 10.9. The molecule has 8 heavy (non-hydrogen) atoms. The summed E-state index contributed by atoms with van der Waals surface area (Å²) in [4.78, 5) is 2.03. The van der Waals surface area contributed by atoms with E-state index in [1.807, 2.05) is 11.9 Å². The van der Waals surface area contributed by atoms with Gasteiger partial charge in [0, 0.05) is 0 Å². The summed E-state index contributed by atoms with van der Waals surface area (Å²) in [7, 11) is 1.99. The summed E-state index contributed by atoms with van der Waals surface area (Å²) in [5.74, 6) is 0. The van der Waals surface area contributed by atoms with Gasteiger partial charge in [0.2, 0.25) is 0 Å². The summed E-state index contributed by atoms with van der Waals surface area (Å²) in [6, 6.07) is 0. The molecule has 1 nitrogen and oxygen atoms in total. The third-order valence-electron chi connectivity index (χ3n) is 0.763. The molecule has 0 saturated heterocycles. The van der Waals surface area contributed by atoms with Crippen molar-refractivity contribution in [1.82, 2.24) is 4.90 Å². The van der Waals surface area contributed by atoms with E-state index in [9.17, 15) is 0 Å². The number of hydrogen-bond acceptors (Lipinski definition) is 1. The van der Waals surface area contributed by atoms with Crippen LogP contribution < -0.4 is 0 Å². The standard InChI is InChI=1S/C5H11N.CH3.U/c1-4-6(3)5-2;;/h1-2,4-5H2,3H3;1H3;/q-2;-1;+3. The molecule has 0 fully saturated rings. The van der Waals surface area contributed by atoms with Gasteiger partial charge < -0.3 is 26.2 Å². The van der Waals surface area contributed by atoms with Gasteiger partial charge in [-0.3, -0.25) is 0 Å². The minimum absolute atomic E-state index is 0. The Morgan fingerprint density at radius 1 is 1.25 bits per heavy atom. The molecule has 2 heteroatoms. The van der Waals surface area contributed by atoms with Crippen LogP contribution in [0.3, 0.4) is 0 Å². The number of nitrogens with zero attached hydrogens (tertiary/aromatic N) is 1. The van der Waals surface area contributed by atoms with E-state index in [1.165, 1.54) is 0 Å². The molecule has 0 heterocycles. The molecule has 0 rings (SSSR count). The SMILES string of the molecule is [CH2-]CN(C)C[CH2-].[CH3-].[U+3]. The summed E-state index contributed by atoms with van der Waals surface area (Å²) in [6.07, 6.45) is 0. The Bertz CT molecular complexity index is 27.7. The van der Waals surface area contributed by atoms with Crippen LogP contribution in [0.4, 0.5) is 0 Å². The van der Waals surface area contributed by atoms with Crippen molar-refractivity contribution in [3.05, 3.63) is 21.3 Å². The van der Waals surface area contributed by atoms with Crippen molar-refractivity contribution >= 4 is 0 Å². The molecule has 1 radical (unpaired) electrons. The topological polar surface area (TPSA) is 3.24 Å². The quantitative estimate of drug-likeness (QED) is 0.680. The van der Waals surface area contributed by atoms with Crippen LogP contribution in [-0.2, 0) is 0 Å². The molecule has 0 aromatic heterocycles. The van der Waals surface area contributed by atoms with Crippen molar-refractivity contribution in [3.8, 4) is 0 Å². The van der Waals surface area contributed by atoms with Gasteiger partial charge in [0.25, 0.3) is 0 Å². The van der Waals surface area contributed by atoms with Crippen molar-refractivity contribution in [1.29, 1.82) is 0 Å². The van der Waals surface area contributed by atoms with Crippen molar-refractivity contribution in [2.75, 3.05) is 20.1 Å². The fourth-order valence-electron chi connectivity index (χ4n) is 0.112. The molecule has 0 aromatic rings. The van der Waals surface area contributed by atoms with E-state index in [-0.39, 0.29) is 38.5 Å². The van der Waals surface area contributed by atoms with Gasteiger partial charge in [-0.15, -0.1) is 13.1 Å². The molecule has 0 aliphatic carbocycles. The van der Waals surface area contributed by atoms with Gasteiger partial charge in [0.05, 0.1) is 0 Å². The number of hydrogen-bond donors (Lipinski definition) is 0. The van der Waals surface area contributed by atoms with E-state index >= 15 is 0 Å². The van der Waals surface area contributed by atoms with E-state index in [2.05, 4.69) is 13.8 Å². The van der Waals surface area contributed by atoms with Crippen LogP contribution in [0, 0.1) is 52.4 Å². The third kappa shape index (κ3) is 10.1. The molecule has 0 bridgehead atoms. The monoisotopic (exact) mass is 338 g/mol. The zero-order valence-corrected chi connectivity index (χ0v) is 9.94. The van der Waals surface area contributed by atoms with Gasteiger partial charge in [0.1, 0.15) is 0 Å². The second-order valence-corrected chi connectivity index (χ2v) is 1.30. The molecular weight excluding hydrogens is 324 g/mol. The average Bonchev–Trinajstić information content (AvgIpc) is 1.65. The molecule has 0 amide bonds. The first kappa shape index (κ1) is 16.0. The Labute approximate surface area is 77.2 Å². The van der Waals surface area contributed by atoms with Gasteiger partial charge in [-0.1, -0.05) is 0 Å². The Balaban J connectivity index is -0.000000125. The fourth-order valence-corrected chi connectivity index (χ4v) is 0.112. The average molecular weight is 338 g/mol. The summed E-state index contributed by atoms with van der Waals surface area (Å²) < 4.78 is 0. The summed E-state index contributed by atoms with van der Waals surface area (Å²) in [6.45, 7) is 8.99. The van der Waals surface area contributed by atoms with Crippen molar-refractivity contribution in [2.45, 2.75) is 0 Å². The smallest absolute Gasteiger partial charge is 0.365 e. The maximum Gasteiger partial charge on any atom is 3.00 e. The number of rotatable bonds is 2. The van der Waals surface area contributed by atoms with Gasteiger partial charge in [-0.25, -0.2) is 0 Å². The molecule has 47 valence electrons. The summed E-state index contributed by atoms with van der Waals surface area (Å²) >= 11 is 0. The van der Waals surface area contributed by atoms with E-state index in [1.54, 1.807) is 0 Å². The minimum atomic E-state index is 0. The molecule has 0 spiro atoms. The van der Waals surface area contributed by atoms with E-state index in [0.29, 0.717) is 0 Å². The third-order valence-corrected chi connectivity index (χ3v) is 0.763. The molecule has 0 atom stereocenters. The van der Waals surface area contributed by atoms with Gasteiger partial charge in [0.15, 0.2) is 0 Å². The molecular formula is C6H14NU. The van der Waals surface area contributed by atoms with Crippen LogP contribution in [0.25, 0.3) is 0 Å². The van der Waals surface area contributed by atoms with Crippen LogP contribution in [0.2, 0.25) is 0 Å². The molecule has 0 aromatic carbocycles. The zero-order chi connectivity index (χ0) is 4.99. The Morgan fingerprint density at radius 3 is 1.50 bits per heavy atom. The van der Waals surface area contributed by atoms with Crippen LogP contribution in [0.1, 0.15) is 0 Å². The first-order valence-corrected chi connectivity index (χ1v) is 2.08. The van der Waals surface area contributed by atoms with Gasteiger partial charge >= 0.3 is 31.1 Å². The first-order chi connectivity index (χ1) is 2.81. The van der Waals surface area contributed by atoms with E-state index in [0.717, 1.165) is 13.1 Å². The van der Waals surface area contributed by atoms with E-state index in [4.69, 9.17) is 0 Å². The summed E-state index contributed by atoms with van der Waals surface area (Å²) in [5.41, 5.74) is 0. The zero-order valence-electron chi connectivity index (χ0n) is 5.78. The normalized spacial score (nSPS) is 7.50.